The van der Waals surface area contributed by atoms with E-state index in [9.17, 15) is 8.42 Å². The number of nitrogens with two attached hydrogens (primary N) is 1. The quantitative estimate of drug-likeness (QED) is 0.390. The van der Waals surface area contributed by atoms with Crippen molar-refractivity contribution in [3.05, 3.63) is 47.5 Å². The van der Waals surface area contributed by atoms with Gasteiger partial charge in [0, 0.05) is 10.5 Å². The second-order valence-corrected chi connectivity index (χ2v) is 9.57. The normalized spacial score (nSPS) is 19.0. The van der Waals surface area contributed by atoms with Gasteiger partial charge in [0.2, 0.25) is 10.0 Å². The second-order valence-electron chi connectivity index (χ2n) is 7.22. The van der Waals surface area contributed by atoms with Gasteiger partial charge >= 0.3 is 0 Å². The highest BCUT2D eigenvalue weighted by atomic mass is 32.2. The van der Waals surface area contributed by atoms with Gasteiger partial charge in [0.25, 0.3) is 0 Å². The Labute approximate surface area is 175 Å². The molecule has 2 heterocycles. The number of hydrazine groups is 3. The fourth-order valence-electron chi connectivity index (χ4n) is 4.06. The van der Waals surface area contributed by atoms with Crippen molar-refractivity contribution in [3.63, 3.8) is 0 Å². The van der Waals surface area contributed by atoms with Crippen LogP contribution in [0.1, 0.15) is 36.1 Å². The van der Waals surface area contributed by atoms with Crippen molar-refractivity contribution in [2.45, 2.75) is 34.7 Å². The van der Waals surface area contributed by atoms with Crippen molar-refractivity contribution in [1.29, 1.82) is 0 Å². The van der Waals surface area contributed by atoms with E-state index in [1.54, 1.807) is 0 Å². The van der Waals surface area contributed by atoms with Crippen molar-refractivity contribution >= 4 is 21.8 Å². The number of thioether (sulfide) groups is 1. The standard InChI is InChI=1S/C19H26N6O2S2/c1-28-16-7-6-15(17(18(16)29(20,26)27)19-22-24-25-23-19)14-4-2-12(3-5-14)13-8-10-21-11-9-13/h2-7,13,19,21-25H,8-11H2,1H3,(H2,20,26,27). The van der Waals surface area contributed by atoms with Gasteiger partial charge in [-0.15, -0.1) is 11.8 Å². The van der Waals surface area contributed by atoms with Crippen LogP contribution in [0.4, 0.5) is 0 Å². The topological polar surface area (TPSA) is 120 Å². The number of sulfonamides is 1. The van der Waals surface area contributed by atoms with Crippen LogP contribution >= 0.6 is 11.8 Å². The molecule has 0 unspecified atom stereocenters. The van der Waals surface area contributed by atoms with Crippen LogP contribution in [0.5, 0.6) is 0 Å². The summed E-state index contributed by atoms with van der Waals surface area (Å²) >= 11 is 1.36. The molecule has 2 fully saturated rings. The third-order valence-corrected chi connectivity index (χ3v) is 7.40. The molecule has 4 rings (SSSR count). The molecular weight excluding hydrogens is 408 g/mol. The van der Waals surface area contributed by atoms with Crippen molar-refractivity contribution in [3.8, 4) is 11.1 Å². The summed E-state index contributed by atoms with van der Waals surface area (Å²) in [5.74, 6) is 0.565. The molecule has 7 N–H and O–H groups in total. The lowest BCUT2D eigenvalue weighted by atomic mass is 9.88. The number of primary sulfonamides is 1. The van der Waals surface area contributed by atoms with Crippen molar-refractivity contribution in [2.75, 3.05) is 19.3 Å². The largest absolute Gasteiger partial charge is 0.317 e. The van der Waals surface area contributed by atoms with E-state index in [2.05, 4.69) is 51.5 Å². The zero-order valence-corrected chi connectivity index (χ0v) is 17.8. The molecule has 2 saturated heterocycles. The highest BCUT2D eigenvalue weighted by Crippen LogP contribution is 2.38. The zero-order chi connectivity index (χ0) is 20.4. The third kappa shape index (κ3) is 4.35. The number of hydrogen-bond acceptors (Lipinski definition) is 8. The van der Waals surface area contributed by atoms with Crippen LogP contribution in [0.25, 0.3) is 11.1 Å². The molecule has 0 spiro atoms. The summed E-state index contributed by atoms with van der Waals surface area (Å²) in [5, 5.41) is 9.02. The molecule has 2 aliphatic heterocycles. The molecule has 0 saturated carbocycles. The van der Waals surface area contributed by atoms with Gasteiger partial charge in [-0.25, -0.2) is 24.4 Å². The van der Waals surface area contributed by atoms with E-state index in [-0.39, 0.29) is 4.90 Å². The lowest BCUT2D eigenvalue weighted by Crippen LogP contribution is -2.33. The SMILES string of the molecule is CSc1ccc(-c2ccc(C3CCNCC3)cc2)c(C2NNNN2)c1S(N)(=O)=O. The van der Waals surface area contributed by atoms with E-state index in [0.717, 1.165) is 37.1 Å². The summed E-state index contributed by atoms with van der Waals surface area (Å²) in [5.41, 5.74) is 15.2. The lowest BCUT2D eigenvalue weighted by molar-refractivity contribution is 0.460. The molecule has 0 aromatic heterocycles. The Morgan fingerprint density at radius 3 is 2.24 bits per heavy atom. The maximum absolute atomic E-state index is 12.5. The number of benzene rings is 2. The summed E-state index contributed by atoms with van der Waals surface area (Å²) in [4.78, 5) is 0.758. The van der Waals surface area contributed by atoms with Crippen LogP contribution in [0.15, 0.2) is 46.2 Å². The number of rotatable bonds is 5. The molecule has 2 aromatic rings. The number of piperidine rings is 1. The maximum atomic E-state index is 12.5. The second kappa shape index (κ2) is 8.70. The summed E-state index contributed by atoms with van der Waals surface area (Å²) < 4.78 is 25.0. The van der Waals surface area contributed by atoms with Gasteiger partial charge in [-0.2, -0.15) is 11.1 Å². The molecule has 29 heavy (non-hydrogen) atoms. The highest BCUT2D eigenvalue weighted by molar-refractivity contribution is 7.99. The van der Waals surface area contributed by atoms with Crippen molar-refractivity contribution in [2.24, 2.45) is 5.14 Å². The first-order valence-corrected chi connectivity index (χ1v) is 12.3. The number of nitrogens with one attached hydrogen (secondary N) is 5. The maximum Gasteiger partial charge on any atom is 0.239 e. The smallest absolute Gasteiger partial charge is 0.239 e. The monoisotopic (exact) mass is 434 g/mol. The van der Waals surface area contributed by atoms with E-state index in [4.69, 9.17) is 5.14 Å². The summed E-state index contributed by atoms with van der Waals surface area (Å²) in [6.45, 7) is 2.09. The fourth-order valence-corrected chi connectivity index (χ4v) is 6.04. The predicted molar refractivity (Wildman–Crippen MR) is 115 cm³/mol. The first-order chi connectivity index (χ1) is 14.0. The minimum Gasteiger partial charge on any atom is -0.317 e. The zero-order valence-electron chi connectivity index (χ0n) is 16.2. The highest BCUT2D eigenvalue weighted by Gasteiger charge is 2.29. The molecule has 0 amide bonds. The van der Waals surface area contributed by atoms with Crippen LogP contribution < -0.4 is 32.4 Å². The molecule has 0 radical (unpaired) electrons. The van der Waals surface area contributed by atoms with Crippen molar-refractivity contribution < 1.29 is 8.42 Å². The van der Waals surface area contributed by atoms with Gasteiger partial charge in [-0.1, -0.05) is 30.3 Å². The predicted octanol–water partition coefficient (Wildman–Crippen LogP) is 1.31. The minimum absolute atomic E-state index is 0.139. The number of hydrogen-bond donors (Lipinski definition) is 6. The van der Waals surface area contributed by atoms with Crippen LogP contribution in [-0.2, 0) is 10.0 Å². The van der Waals surface area contributed by atoms with Gasteiger partial charge in [-0.05, 0) is 60.9 Å². The molecule has 2 aliphatic rings. The third-order valence-electron chi connectivity index (χ3n) is 5.48. The van der Waals surface area contributed by atoms with E-state index in [1.165, 1.54) is 17.3 Å². The van der Waals surface area contributed by atoms with Crippen LogP contribution in [0.3, 0.4) is 0 Å². The summed E-state index contributed by atoms with van der Waals surface area (Å²) in [6.07, 6.45) is 3.65. The van der Waals surface area contributed by atoms with Gasteiger partial charge in [0.05, 0.1) is 0 Å². The van der Waals surface area contributed by atoms with Gasteiger partial charge in [0.15, 0.2) is 0 Å². The van der Waals surface area contributed by atoms with E-state index >= 15 is 0 Å². The Hall–Kier alpha value is -1.50. The van der Waals surface area contributed by atoms with E-state index < -0.39 is 16.2 Å². The lowest BCUT2D eigenvalue weighted by Gasteiger charge is -2.24. The molecular formula is C19H26N6O2S2. The first-order valence-electron chi connectivity index (χ1n) is 9.55. The average molecular weight is 435 g/mol. The van der Waals surface area contributed by atoms with Gasteiger partial charge in [-0.3, -0.25) is 0 Å². The van der Waals surface area contributed by atoms with Crippen LogP contribution in [-0.4, -0.2) is 27.8 Å². The molecule has 8 nitrogen and oxygen atoms in total. The van der Waals surface area contributed by atoms with E-state index in [1.807, 2.05) is 18.4 Å². The van der Waals surface area contributed by atoms with E-state index in [0.29, 0.717) is 16.4 Å². The Morgan fingerprint density at radius 1 is 1.00 bits per heavy atom. The van der Waals surface area contributed by atoms with Gasteiger partial charge < -0.3 is 5.32 Å². The Balaban J connectivity index is 1.80. The molecule has 0 aliphatic carbocycles. The molecule has 2 aromatic carbocycles. The average Bonchev–Trinajstić information content (AvgIpc) is 3.27. The first kappa shape index (κ1) is 20.8. The Bertz CT molecular complexity index is 969. The van der Waals surface area contributed by atoms with Crippen LogP contribution in [0.2, 0.25) is 0 Å². The van der Waals surface area contributed by atoms with Crippen LogP contribution in [0, 0.1) is 0 Å². The Morgan fingerprint density at radius 2 is 1.66 bits per heavy atom. The molecule has 10 heteroatoms. The van der Waals surface area contributed by atoms with Gasteiger partial charge in [0.1, 0.15) is 11.1 Å². The minimum atomic E-state index is -3.93. The molecule has 156 valence electrons. The summed E-state index contributed by atoms with van der Waals surface area (Å²) in [6, 6.07) is 12.2. The molecule has 0 bridgehead atoms. The fraction of sp³-hybridized carbons (Fsp3) is 0.368. The summed E-state index contributed by atoms with van der Waals surface area (Å²) in [7, 11) is -3.93. The molecule has 0 atom stereocenters. The Kier molecular flexibility index (Phi) is 6.23. The van der Waals surface area contributed by atoms with Crippen molar-refractivity contribution in [1.82, 2.24) is 27.2 Å².